The molecule has 0 fully saturated rings. The molecule has 0 aromatic carbocycles. The molecule has 0 spiro atoms. The summed E-state index contributed by atoms with van der Waals surface area (Å²) in [5, 5.41) is 0. The zero-order valence-electron chi connectivity index (χ0n) is 28.8. The molecule has 0 aromatic rings. The van der Waals surface area contributed by atoms with Gasteiger partial charge in [0.2, 0.25) is 0 Å². The quantitative estimate of drug-likeness (QED) is 0.0741. The van der Waals surface area contributed by atoms with Gasteiger partial charge in [0.05, 0.1) is 78.5 Å². The van der Waals surface area contributed by atoms with Crippen LogP contribution >= 0.6 is 0 Å². The molecule has 0 unspecified atom stereocenters. The number of likely N-dealkylation sites (N-methyl/N-ethyl adjacent to an activating group) is 2. The summed E-state index contributed by atoms with van der Waals surface area (Å²) in [5.41, 5.74) is 0. The Hall–Kier alpha value is -0.160. The summed E-state index contributed by atoms with van der Waals surface area (Å²) >= 11 is 0. The van der Waals surface area contributed by atoms with Crippen LogP contribution < -0.4 is 0 Å². The molecular weight excluding hydrogens is 464 g/mol. The molecule has 230 valence electrons. The highest BCUT2D eigenvalue weighted by molar-refractivity contribution is 4.53. The lowest BCUT2D eigenvalue weighted by molar-refractivity contribution is -0.981. The van der Waals surface area contributed by atoms with Crippen LogP contribution in [0.4, 0.5) is 0 Å². The van der Waals surface area contributed by atoms with Crippen molar-refractivity contribution in [3.63, 3.8) is 0 Å². The third kappa shape index (κ3) is 12.6. The first-order valence-electron chi connectivity index (χ1n) is 17.6. The maximum absolute atomic E-state index is 2.44. The molecular formula is C34H78N4+4. The minimum atomic E-state index is 1.28. The van der Waals surface area contributed by atoms with Crippen LogP contribution in [0.1, 0.15) is 121 Å². The molecule has 0 amide bonds. The van der Waals surface area contributed by atoms with Gasteiger partial charge in [0.15, 0.2) is 0 Å². The Balaban J connectivity index is 5.24. The van der Waals surface area contributed by atoms with Crippen molar-refractivity contribution < 1.29 is 17.9 Å². The molecule has 0 saturated heterocycles. The Kier molecular flexibility index (Phi) is 20.6. The minimum Gasteiger partial charge on any atom is -0.320 e. The molecule has 4 heteroatoms. The van der Waals surface area contributed by atoms with Gasteiger partial charge >= 0.3 is 0 Å². The highest BCUT2D eigenvalue weighted by atomic mass is 15.4. The van der Waals surface area contributed by atoms with Gasteiger partial charge in [0.25, 0.3) is 0 Å². The van der Waals surface area contributed by atoms with Gasteiger partial charge in [-0.05, 0) is 86.0 Å². The van der Waals surface area contributed by atoms with Crippen molar-refractivity contribution in [2.24, 2.45) is 0 Å². The number of hydrogen-bond acceptors (Lipinski definition) is 0. The van der Waals surface area contributed by atoms with Crippen molar-refractivity contribution in [1.82, 2.24) is 0 Å². The fourth-order valence-electron chi connectivity index (χ4n) is 7.75. The van der Waals surface area contributed by atoms with E-state index in [0.29, 0.717) is 0 Å². The van der Waals surface area contributed by atoms with Gasteiger partial charge in [0.1, 0.15) is 26.2 Å². The van der Waals surface area contributed by atoms with E-state index < -0.39 is 0 Å². The molecule has 0 radical (unpaired) electrons. The number of rotatable bonds is 27. The molecule has 0 heterocycles. The zero-order valence-corrected chi connectivity index (χ0v) is 28.8. The van der Waals surface area contributed by atoms with Crippen LogP contribution in [0.25, 0.3) is 0 Å². The second-order valence-corrected chi connectivity index (χ2v) is 13.0. The van der Waals surface area contributed by atoms with Gasteiger partial charge in [-0.15, -0.1) is 0 Å². The fourth-order valence-corrected chi connectivity index (χ4v) is 7.75. The zero-order chi connectivity index (χ0) is 29.0. The SMILES string of the molecule is CCC[N+](CCC)(CCC)CC[N+](CCC)(CCC)CCCCC[N+](CC)(CC)CC[N+](CC)(CC)CC. The standard InChI is InChI=1S/C34H78N4/c1-11-24-37(25-12-2,26-13-3)33-34-38(27-14-4,28-15-5)30-23-21-22-29-36(19-9,20-10)32-31-35(16-6,17-7)18-8/h11-34H2,1-10H3/q+4. The van der Waals surface area contributed by atoms with E-state index in [-0.39, 0.29) is 0 Å². The van der Waals surface area contributed by atoms with E-state index >= 15 is 0 Å². The monoisotopic (exact) mass is 543 g/mol. The summed E-state index contributed by atoms with van der Waals surface area (Å²) in [4.78, 5) is 0. The van der Waals surface area contributed by atoms with E-state index in [9.17, 15) is 0 Å². The van der Waals surface area contributed by atoms with Crippen molar-refractivity contribution in [1.29, 1.82) is 0 Å². The molecule has 0 aliphatic heterocycles. The van der Waals surface area contributed by atoms with E-state index in [0.717, 1.165) is 0 Å². The van der Waals surface area contributed by atoms with Crippen molar-refractivity contribution >= 4 is 0 Å². The first kappa shape index (κ1) is 37.8. The smallest absolute Gasteiger partial charge is 0.128 e. The predicted molar refractivity (Wildman–Crippen MR) is 173 cm³/mol. The van der Waals surface area contributed by atoms with Gasteiger partial charge < -0.3 is 17.9 Å². The van der Waals surface area contributed by atoms with Gasteiger partial charge in [-0.1, -0.05) is 34.6 Å². The number of quaternary nitrogens is 4. The van der Waals surface area contributed by atoms with Crippen LogP contribution in [0.2, 0.25) is 0 Å². The molecule has 38 heavy (non-hydrogen) atoms. The van der Waals surface area contributed by atoms with Gasteiger partial charge in [-0.3, -0.25) is 0 Å². The predicted octanol–water partition coefficient (Wildman–Crippen LogP) is 7.57. The van der Waals surface area contributed by atoms with Crippen molar-refractivity contribution in [2.45, 2.75) is 121 Å². The lowest BCUT2D eigenvalue weighted by atomic mass is 10.1. The van der Waals surface area contributed by atoms with E-state index in [1.54, 1.807) is 0 Å². The number of unbranched alkanes of at least 4 members (excludes halogenated alkanes) is 2. The third-order valence-corrected chi connectivity index (χ3v) is 10.7. The number of nitrogens with zero attached hydrogens (tertiary/aromatic N) is 4. The van der Waals surface area contributed by atoms with Crippen LogP contribution in [0.15, 0.2) is 0 Å². The third-order valence-electron chi connectivity index (χ3n) is 10.7. The first-order chi connectivity index (χ1) is 18.2. The minimum absolute atomic E-state index is 1.28. The molecule has 0 atom stereocenters. The van der Waals surface area contributed by atoms with Crippen molar-refractivity contribution in [3.8, 4) is 0 Å². The Morgan fingerprint density at radius 1 is 0.237 bits per heavy atom. The highest BCUT2D eigenvalue weighted by Gasteiger charge is 2.33. The second kappa shape index (κ2) is 20.7. The molecule has 4 nitrogen and oxygen atoms in total. The van der Waals surface area contributed by atoms with Crippen LogP contribution in [0.5, 0.6) is 0 Å². The molecule has 0 N–H and O–H groups in total. The maximum atomic E-state index is 2.44. The second-order valence-electron chi connectivity index (χ2n) is 13.0. The van der Waals surface area contributed by atoms with Gasteiger partial charge in [0, 0.05) is 0 Å². The summed E-state index contributed by atoms with van der Waals surface area (Å²) in [7, 11) is 0. The Morgan fingerprint density at radius 3 is 0.816 bits per heavy atom. The van der Waals surface area contributed by atoms with Crippen LogP contribution in [0, 0.1) is 0 Å². The van der Waals surface area contributed by atoms with Crippen LogP contribution in [-0.2, 0) is 0 Å². The van der Waals surface area contributed by atoms with E-state index in [2.05, 4.69) is 69.2 Å². The van der Waals surface area contributed by atoms with E-state index in [1.165, 1.54) is 174 Å². The van der Waals surface area contributed by atoms with E-state index in [1.807, 2.05) is 0 Å². The Bertz CT molecular complexity index is 507. The lowest BCUT2D eigenvalue weighted by Crippen LogP contribution is -2.59. The number of hydrogen-bond donors (Lipinski definition) is 0. The molecule has 0 bridgehead atoms. The Labute approximate surface area is 243 Å². The van der Waals surface area contributed by atoms with Crippen LogP contribution in [0.3, 0.4) is 0 Å². The van der Waals surface area contributed by atoms with Gasteiger partial charge in [-0.25, -0.2) is 0 Å². The Morgan fingerprint density at radius 2 is 0.500 bits per heavy atom. The summed E-state index contributed by atoms with van der Waals surface area (Å²) in [5.74, 6) is 0. The molecule has 0 aromatic heterocycles. The molecule has 0 aliphatic rings. The highest BCUT2D eigenvalue weighted by Crippen LogP contribution is 2.20. The fraction of sp³-hybridized carbons (Fsp3) is 1.00. The topological polar surface area (TPSA) is 0 Å². The van der Waals surface area contributed by atoms with E-state index in [4.69, 9.17) is 0 Å². The summed E-state index contributed by atoms with van der Waals surface area (Å²) < 4.78 is 5.38. The maximum Gasteiger partial charge on any atom is 0.128 e. The average Bonchev–Trinajstić information content (AvgIpc) is 2.92. The first-order valence-corrected chi connectivity index (χ1v) is 17.6. The average molecular weight is 543 g/mol. The molecule has 0 rings (SSSR count). The summed E-state index contributed by atoms with van der Waals surface area (Å²) in [6.45, 7) is 45.7. The van der Waals surface area contributed by atoms with Crippen molar-refractivity contribution in [3.05, 3.63) is 0 Å². The summed E-state index contributed by atoms with van der Waals surface area (Å²) in [6, 6.07) is 0. The van der Waals surface area contributed by atoms with Crippen molar-refractivity contribution in [2.75, 3.05) is 105 Å². The molecule has 0 aliphatic carbocycles. The van der Waals surface area contributed by atoms with Gasteiger partial charge in [-0.2, -0.15) is 0 Å². The summed E-state index contributed by atoms with van der Waals surface area (Å²) in [6.07, 6.45) is 10.9. The molecule has 0 saturated carbocycles. The normalized spacial score (nSPS) is 13.4. The van der Waals surface area contributed by atoms with Crippen LogP contribution in [-0.4, -0.2) is 123 Å². The largest absolute Gasteiger partial charge is 0.320 e. The lowest BCUT2D eigenvalue weighted by Gasteiger charge is -2.44.